The lowest BCUT2D eigenvalue weighted by molar-refractivity contribution is -0.144. The van der Waals surface area contributed by atoms with Crippen LogP contribution in [-0.4, -0.2) is 29.7 Å². The zero-order valence-corrected chi connectivity index (χ0v) is 11.5. The minimum atomic E-state index is -0.766. The SMILES string of the molecule is O=C(COC1CCC(C(=O)O)CC1)Nc1cccc(F)c1. The van der Waals surface area contributed by atoms with Gasteiger partial charge < -0.3 is 15.2 Å². The Balaban J connectivity index is 1.71. The highest BCUT2D eigenvalue weighted by molar-refractivity contribution is 5.91. The van der Waals surface area contributed by atoms with Crippen molar-refractivity contribution in [2.24, 2.45) is 5.92 Å². The molecule has 0 unspecified atom stereocenters. The maximum absolute atomic E-state index is 13.0. The summed E-state index contributed by atoms with van der Waals surface area (Å²) in [6.45, 7) is -0.112. The zero-order chi connectivity index (χ0) is 15.2. The first-order valence-corrected chi connectivity index (χ1v) is 6.94. The number of carbonyl (C=O) groups excluding carboxylic acids is 1. The number of nitrogens with one attached hydrogen (secondary N) is 1. The molecule has 0 spiro atoms. The molecule has 0 heterocycles. The van der Waals surface area contributed by atoms with Crippen LogP contribution in [0.15, 0.2) is 24.3 Å². The van der Waals surface area contributed by atoms with Crippen molar-refractivity contribution in [3.05, 3.63) is 30.1 Å². The summed E-state index contributed by atoms with van der Waals surface area (Å²) in [5.74, 6) is -1.83. The molecule has 5 nitrogen and oxygen atoms in total. The molecule has 2 N–H and O–H groups in total. The Labute approximate surface area is 122 Å². The van der Waals surface area contributed by atoms with Crippen LogP contribution >= 0.6 is 0 Å². The molecular weight excluding hydrogens is 277 g/mol. The van der Waals surface area contributed by atoms with Crippen LogP contribution in [0.2, 0.25) is 0 Å². The first-order valence-electron chi connectivity index (χ1n) is 6.94. The van der Waals surface area contributed by atoms with Crippen LogP contribution < -0.4 is 5.32 Å². The molecule has 1 fully saturated rings. The summed E-state index contributed by atoms with van der Waals surface area (Å²) in [7, 11) is 0. The van der Waals surface area contributed by atoms with Crippen molar-refractivity contribution in [1.29, 1.82) is 0 Å². The Bertz CT molecular complexity index is 512. The van der Waals surface area contributed by atoms with E-state index in [0.717, 1.165) is 0 Å². The van der Waals surface area contributed by atoms with Gasteiger partial charge >= 0.3 is 5.97 Å². The number of carboxylic acids is 1. The average molecular weight is 295 g/mol. The monoisotopic (exact) mass is 295 g/mol. The third-order valence-electron chi connectivity index (χ3n) is 3.58. The van der Waals surface area contributed by atoms with E-state index in [2.05, 4.69) is 5.32 Å². The van der Waals surface area contributed by atoms with Crippen molar-refractivity contribution in [2.45, 2.75) is 31.8 Å². The van der Waals surface area contributed by atoms with E-state index in [1.807, 2.05) is 0 Å². The molecule has 0 aromatic heterocycles. The fraction of sp³-hybridized carbons (Fsp3) is 0.467. The van der Waals surface area contributed by atoms with E-state index in [9.17, 15) is 14.0 Å². The van der Waals surface area contributed by atoms with E-state index in [-0.39, 0.29) is 24.5 Å². The standard InChI is InChI=1S/C15H18FNO4/c16-11-2-1-3-12(8-11)17-14(18)9-21-13-6-4-10(5-7-13)15(19)20/h1-3,8,10,13H,4-7,9H2,(H,17,18)(H,19,20). The average Bonchev–Trinajstić information content (AvgIpc) is 2.45. The summed E-state index contributed by atoms with van der Waals surface area (Å²) in [5, 5.41) is 11.4. The van der Waals surface area contributed by atoms with Gasteiger partial charge in [-0.1, -0.05) is 6.07 Å². The number of hydrogen-bond donors (Lipinski definition) is 2. The molecule has 1 aromatic carbocycles. The van der Waals surface area contributed by atoms with E-state index >= 15 is 0 Å². The fourth-order valence-corrected chi connectivity index (χ4v) is 2.43. The van der Waals surface area contributed by atoms with Gasteiger partial charge in [-0.3, -0.25) is 9.59 Å². The number of rotatable bonds is 5. The number of carboxylic acid groups (broad SMARTS) is 1. The van der Waals surface area contributed by atoms with E-state index in [1.54, 1.807) is 6.07 Å². The summed E-state index contributed by atoms with van der Waals surface area (Å²) in [5.41, 5.74) is 0.387. The molecule has 0 radical (unpaired) electrons. The topological polar surface area (TPSA) is 75.6 Å². The van der Waals surface area contributed by atoms with Gasteiger partial charge in [0.25, 0.3) is 0 Å². The van der Waals surface area contributed by atoms with Crippen molar-refractivity contribution in [1.82, 2.24) is 0 Å². The first-order chi connectivity index (χ1) is 10.0. The van der Waals surface area contributed by atoms with Crippen LogP contribution in [0, 0.1) is 11.7 Å². The predicted octanol–water partition coefficient (Wildman–Crippen LogP) is 2.42. The van der Waals surface area contributed by atoms with Crippen LogP contribution in [0.25, 0.3) is 0 Å². The third kappa shape index (κ3) is 4.82. The second-order valence-electron chi connectivity index (χ2n) is 5.18. The fourth-order valence-electron chi connectivity index (χ4n) is 2.43. The van der Waals surface area contributed by atoms with Crippen LogP contribution in [0.1, 0.15) is 25.7 Å². The number of carbonyl (C=O) groups is 2. The van der Waals surface area contributed by atoms with Gasteiger partial charge in [0.2, 0.25) is 5.91 Å². The molecule has 2 rings (SSSR count). The summed E-state index contributed by atoms with van der Waals surface area (Å²) in [6.07, 6.45) is 2.35. The molecule has 0 bridgehead atoms. The number of aliphatic carboxylic acids is 1. The molecule has 21 heavy (non-hydrogen) atoms. The molecule has 0 atom stereocenters. The highest BCUT2D eigenvalue weighted by atomic mass is 19.1. The maximum atomic E-state index is 13.0. The van der Waals surface area contributed by atoms with Crippen LogP contribution in [0.5, 0.6) is 0 Å². The van der Waals surface area contributed by atoms with Gasteiger partial charge in [0.05, 0.1) is 12.0 Å². The van der Waals surface area contributed by atoms with Crippen molar-refractivity contribution in [3.8, 4) is 0 Å². The number of ether oxygens (including phenoxy) is 1. The lowest BCUT2D eigenvalue weighted by Crippen LogP contribution is -2.29. The number of benzene rings is 1. The van der Waals surface area contributed by atoms with Gasteiger partial charge in [0.1, 0.15) is 12.4 Å². The molecule has 6 heteroatoms. The lowest BCUT2D eigenvalue weighted by atomic mass is 9.87. The maximum Gasteiger partial charge on any atom is 0.306 e. The van der Waals surface area contributed by atoms with E-state index in [0.29, 0.717) is 31.4 Å². The quantitative estimate of drug-likeness (QED) is 0.874. The Morgan fingerprint density at radius 3 is 2.62 bits per heavy atom. The van der Waals surface area contributed by atoms with E-state index in [1.165, 1.54) is 18.2 Å². The van der Waals surface area contributed by atoms with E-state index in [4.69, 9.17) is 9.84 Å². The summed E-state index contributed by atoms with van der Waals surface area (Å²) >= 11 is 0. The molecule has 1 aliphatic rings. The predicted molar refractivity (Wildman–Crippen MR) is 74.4 cm³/mol. The molecule has 1 amide bonds. The van der Waals surface area contributed by atoms with Gasteiger partial charge in [0.15, 0.2) is 0 Å². The van der Waals surface area contributed by atoms with Gasteiger partial charge in [-0.25, -0.2) is 4.39 Å². The molecule has 0 saturated heterocycles. The second kappa shape index (κ2) is 7.17. The third-order valence-corrected chi connectivity index (χ3v) is 3.58. The van der Waals surface area contributed by atoms with Crippen LogP contribution in [-0.2, 0) is 14.3 Å². The minimum Gasteiger partial charge on any atom is -0.481 e. The lowest BCUT2D eigenvalue weighted by Gasteiger charge is -2.25. The number of hydrogen-bond acceptors (Lipinski definition) is 3. The van der Waals surface area contributed by atoms with Crippen LogP contribution in [0.3, 0.4) is 0 Å². The summed E-state index contributed by atoms with van der Waals surface area (Å²) in [6, 6.07) is 5.64. The first kappa shape index (κ1) is 15.4. The van der Waals surface area contributed by atoms with Crippen molar-refractivity contribution < 1.29 is 23.8 Å². The molecule has 114 valence electrons. The van der Waals surface area contributed by atoms with Crippen molar-refractivity contribution in [2.75, 3.05) is 11.9 Å². The molecule has 0 aliphatic heterocycles. The van der Waals surface area contributed by atoms with E-state index < -0.39 is 11.8 Å². The second-order valence-corrected chi connectivity index (χ2v) is 5.18. The van der Waals surface area contributed by atoms with Gasteiger partial charge in [-0.05, 0) is 43.9 Å². The number of anilines is 1. The summed E-state index contributed by atoms with van der Waals surface area (Å²) in [4.78, 5) is 22.5. The van der Waals surface area contributed by atoms with Gasteiger partial charge in [-0.2, -0.15) is 0 Å². The molecule has 1 saturated carbocycles. The van der Waals surface area contributed by atoms with Crippen LogP contribution in [0.4, 0.5) is 10.1 Å². The Morgan fingerprint density at radius 1 is 1.29 bits per heavy atom. The van der Waals surface area contributed by atoms with Crippen molar-refractivity contribution >= 4 is 17.6 Å². The Kier molecular flexibility index (Phi) is 5.27. The minimum absolute atomic E-state index is 0.0844. The normalized spacial score (nSPS) is 21.8. The Morgan fingerprint density at radius 2 is 2.00 bits per heavy atom. The largest absolute Gasteiger partial charge is 0.481 e. The highest BCUT2D eigenvalue weighted by Crippen LogP contribution is 2.26. The highest BCUT2D eigenvalue weighted by Gasteiger charge is 2.26. The Hall–Kier alpha value is -1.95. The van der Waals surface area contributed by atoms with Gasteiger partial charge in [-0.15, -0.1) is 0 Å². The molecule has 1 aromatic rings. The molecular formula is C15H18FNO4. The molecule has 1 aliphatic carbocycles. The smallest absolute Gasteiger partial charge is 0.306 e. The zero-order valence-electron chi connectivity index (χ0n) is 11.5. The van der Waals surface area contributed by atoms with Crippen molar-refractivity contribution in [3.63, 3.8) is 0 Å². The van der Waals surface area contributed by atoms with Gasteiger partial charge in [0, 0.05) is 5.69 Å². The number of halogens is 1. The summed E-state index contributed by atoms with van der Waals surface area (Å²) < 4.78 is 18.4. The number of amides is 1.